The number of nitrogens with two attached hydrogens (primary N) is 1. The van der Waals surface area contributed by atoms with Gasteiger partial charge in [-0.25, -0.2) is 4.68 Å². The third-order valence-corrected chi connectivity index (χ3v) is 5.48. The van der Waals surface area contributed by atoms with Crippen molar-refractivity contribution in [2.75, 3.05) is 11.2 Å². The van der Waals surface area contributed by atoms with E-state index in [0.29, 0.717) is 11.3 Å². The Labute approximate surface area is 194 Å². The molecule has 0 aliphatic heterocycles. The summed E-state index contributed by atoms with van der Waals surface area (Å²) in [5.41, 5.74) is 13.7. The van der Waals surface area contributed by atoms with Gasteiger partial charge in [0.05, 0.1) is 22.6 Å². The van der Waals surface area contributed by atoms with Crippen LogP contribution in [0.4, 0.5) is 11.5 Å². The molecule has 6 nitrogen and oxygen atoms in total. The molecule has 3 aromatic carbocycles. The Morgan fingerprint density at radius 1 is 1.03 bits per heavy atom. The fourth-order valence-electron chi connectivity index (χ4n) is 3.29. The molecule has 7 heteroatoms. The summed E-state index contributed by atoms with van der Waals surface area (Å²) < 4.78 is 2.46. The number of nitrogen functional groups attached to an aromatic ring is 1. The van der Waals surface area contributed by atoms with Gasteiger partial charge < -0.3 is 5.73 Å². The van der Waals surface area contributed by atoms with Gasteiger partial charge in [0.1, 0.15) is 5.82 Å². The van der Waals surface area contributed by atoms with Gasteiger partial charge in [0.2, 0.25) is 5.43 Å². The molecule has 0 fully saturated rings. The maximum absolute atomic E-state index is 13.5. The maximum Gasteiger partial charge on any atom is 0.219 e. The van der Waals surface area contributed by atoms with Crippen molar-refractivity contribution < 1.29 is 0 Å². The van der Waals surface area contributed by atoms with Crippen LogP contribution >= 0.6 is 15.9 Å². The first-order valence-corrected chi connectivity index (χ1v) is 10.8. The number of aromatic nitrogens is 2. The van der Waals surface area contributed by atoms with Crippen LogP contribution in [0.25, 0.3) is 16.8 Å². The Morgan fingerprint density at radius 2 is 1.75 bits per heavy atom. The number of hydrazone groups is 1. The van der Waals surface area contributed by atoms with Gasteiger partial charge in [-0.15, -0.1) is 0 Å². The van der Waals surface area contributed by atoms with Crippen LogP contribution in [0.15, 0.2) is 93.2 Å². The van der Waals surface area contributed by atoms with E-state index in [4.69, 9.17) is 5.73 Å². The number of hydrogen-bond donors (Lipinski definition) is 2. The standard InChI is InChI=1S/C25H22BrN5O/c1-16-11-13-20(14-12-16)29-28-17(2)23-24(32)22(18-7-4-3-5-8-18)25(27)31(30-23)21-10-6-9-19(26)15-21/h3-15,29H,27H2,1-2H3. The van der Waals surface area contributed by atoms with Gasteiger partial charge in [-0.3, -0.25) is 10.2 Å². The zero-order valence-electron chi connectivity index (χ0n) is 17.7. The molecule has 0 bridgehead atoms. The van der Waals surface area contributed by atoms with Crippen molar-refractivity contribution in [2.24, 2.45) is 5.10 Å². The predicted octanol–water partition coefficient (Wildman–Crippen LogP) is 5.39. The molecular formula is C25H22BrN5O. The van der Waals surface area contributed by atoms with Crippen LogP contribution in [0.1, 0.15) is 18.2 Å². The molecule has 0 amide bonds. The number of aryl methyl sites for hydroxylation is 1. The molecule has 0 unspecified atom stereocenters. The Hall–Kier alpha value is -3.71. The van der Waals surface area contributed by atoms with Crippen LogP contribution in [0.2, 0.25) is 0 Å². The SMILES string of the molecule is CC(=NNc1ccc(C)cc1)c1nn(-c2cccc(Br)c2)c(N)c(-c2ccccc2)c1=O. The fourth-order valence-corrected chi connectivity index (χ4v) is 3.68. The van der Waals surface area contributed by atoms with Gasteiger partial charge in [0, 0.05) is 4.47 Å². The van der Waals surface area contributed by atoms with Gasteiger partial charge in [-0.1, -0.05) is 70.0 Å². The molecule has 0 aliphatic carbocycles. The van der Waals surface area contributed by atoms with Gasteiger partial charge in [-0.2, -0.15) is 10.2 Å². The normalized spacial score (nSPS) is 11.4. The highest BCUT2D eigenvalue weighted by molar-refractivity contribution is 9.10. The van der Waals surface area contributed by atoms with Crippen molar-refractivity contribution in [1.82, 2.24) is 9.78 Å². The molecule has 32 heavy (non-hydrogen) atoms. The molecule has 160 valence electrons. The second-order valence-corrected chi connectivity index (χ2v) is 8.29. The molecule has 0 radical (unpaired) electrons. The highest BCUT2D eigenvalue weighted by Crippen LogP contribution is 2.25. The summed E-state index contributed by atoms with van der Waals surface area (Å²) in [5.74, 6) is 0.266. The molecule has 0 saturated carbocycles. The summed E-state index contributed by atoms with van der Waals surface area (Å²) in [6.45, 7) is 3.77. The van der Waals surface area contributed by atoms with Crippen LogP contribution < -0.4 is 16.6 Å². The summed E-state index contributed by atoms with van der Waals surface area (Å²) in [5, 5.41) is 9.00. The van der Waals surface area contributed by atoms with Crippen LogP contribution in [0, 0.1) is 6.92 Å². The van der Waals surface area contributed by atoms with Gasteiger partial charge in [0.15, 0.2) is 5.69 Å². The number of hydrogen-bond acceptors (Lipinski definition) is 5. The number of rotatable bonds is 5. The molecule has 4 rings (SSSR count). The lowest BCUT2D eigenvalue weighted by Crippen LogP contribution is -2.26. The van der Waals surface area contributed by atoms with Gasteiger partial charge >= 0.3 is 0 Å². The predicted molar refractivity (Wildman–Crippen MR) is 134 cm³/mol. The first-order chi connectivity index (χ1) is 15.4. The van der Waals surface area contributed by atoms with Crippen molar-refractivity contribution in [3.63, 3.8) is 0 Å². The average Bonchev–Trinajstić information content (AvgIpc) is 2.79. The zero-order valence-corrected chi connectivity index (χ0v) is 19.3. The van der Waals surface area contributed by atoms with E-state index in [-0.39, 0.29) is 16.9 Å². The number of nitrogens with zero attached hydrogens (tertiary/aromatic N) is 3. The highest BCUT2D eigenvalue weighted by Gasteiger charge is 2.19. The van der Waals surface area contributed by atoms with Gasteiger partial charge in [0.25, 0.3) is 0 Å². The Balaban J connectivity index is 1.88. The lowest BCUT2D eigenvalue weighted by atomic mass is 10.0. The second kappa shape index (κ2) is 9.20. The first kappa shape index (κ1) is 21.5. The van der Waals surface area contributed by atoms with E-state index in [9.17, 15) is 4.79 Å². The van der Waals surface area contributed by atoms with E-state index in [1.54, 1.807) is 11.6 Å². The molecule has 0 spiro atoms. The topological polar surface area (TPSA) is 85.3 Å². The third-order valence-electron chi connectivity index (χ3n) is 4.99. The third kappa shape index (κ3) is 4.48. The Morgan fingerprint density at radius 3 is 2.44 bits per heavy atom. The van der Waals surface area contributed by atoms with Gasteiger partial charge in [-0.05, 0) is 49.7 Å². The quantitative estimate of drug-likeness (QED) is 0.292. The molecule has 0 aliphatic rings. The molecule has 1 aromatic heterocycles. The summed E-state index contributed by atoms with van der Waals surface area (Å²) in [7, 11) is 0. The minimum absolute atomic E-state index is 0.220. The smallest absolute Gasteiger partial charge is 0.219 e. The van der Waals surface area contributed by atoms with Crippen molar-refractivity contribution in [3.8, 4) is 16.8 Å². The van der Waals surface area contributed by atoms with Crippen molar-refractivity contribution >= 4 is 33.1 Å². The Kier molecular flexibility index (Phi) is 6.18. The number of benzene rings is 3. The van der Waals surface area contributed by atoms with Crippen LogP contribution in [-0.2, 0) is 0 Å². The zero-order chi connectivity index (χ0) is 22.7. The number of halogens is 1. The minimum atomic E-state index is -0.271. The van der Waals surface area contributed by atoms with Crippen molar-refractivity contribution in [2.45, 2.75) is 13.8 Å². The van der Waals surface area contributed by atoms with E-state index < -0.39 is 0 Å². The molecule has 1 heterocycles. The first-order valence-electron chi connectivity index (χ1n) is 10.1. The van der Waals surface area contributed by atoms with Crippen LogP contribution in [-0.4, -0.2) is 15.5 Å². The Bertz CT molecular complexity index is 1350. The lowest BCUT2D eigenvalue weighted by molar-refractivity contribution is 0.842. The van der Waals surface area contributed by atoms with E-state index in [1.807, 2.05) is 85.8 Å². The molecule has 3 N–H and O–H groups in total. The van der Waals surface area contributed by atoms with E-state index in [2.05, 4.69) is 31.6 Å². The molecule has 4 aromatic rings. The van der Waals surface area contributed by atoms with Crippen molar-refractivity contribution in [3.05, 3.63) is 105 Å². The second-order valence-electron chi connectivity index (χ2n) is 7.37. The summed E-state index contributed by atoms with van der Waals surface area (Å²) in [4.78, 5) is 13.5. The van der Waals surface area contributed by atoms with Crippen LogP contribution in [0.5, 0.6) is 0 Å². The summed E-state index contributed by atoms with van der Waals surface area (Å²) >= 11 is 3.49. The molecule has 0 atom stereocenters. The monoisotopic (exact) mass is 487 g/mol. The lowest BCUT2D eigenvalue weighted by Gasteiger charge is -2.15. The summed E-state index contributed by atoms with van der Waals surface area (Å²) in [6, 6.07) is 24.8. The minimum Gasteiger partial charge on any atom is -0.383 e. The average molecular weight is 488 g/mol. The van der Waals surface area contributed by atoms with E-state index in [1.165, 1.54) is 0 Å². The van der Waals surface area contributed by atoms with Crippen LogP contribution in [0.3, 0.4) is 0 Å². The van der Waals surface area contributed by atoms with E-state index in [0.717, 1.165) is 27.0 Å². The number of nitrogens with one attached hydrogen (secondary N) is 1. The largest absolute Gasteiger partial charge is 0.383 e. The maximum atomic E-state index is 13.5. The van der Waals surface area contributed by atoms with E-state index >= 15 is 0 Å². The molecular weight excluding hydrogens is 466 g/mol. The highest BCUT2D eigenvalue weighted by atomic mass is 79.9. The van der Waals surface area contributed by atoms with Crippen molar-refractivity contribution in [1.29, 1.82) is 0 Å². The number of anilines is 2. The fraction of sp³-hybridized carbons (Fsp3) is 0.0800. The molecule has 0 saturated heterocycles. The summed E-state index contributed by atoms with van der Waals surface area (Å²) in [6.07, 6.45) is 0.